The summed E-state index contributed by atoms with van der Waals surface area (Å²) in [6, 6.07) is 9.86. The number of hydrogen-bond acceptors (Lipinski definition) is 3. The Hall–Kier alpha value is -1.35. The molecule has 0 amide bonds. The van der Waals surface area contributed by atoms with Crippen molar-refractivity contribution in [2.24, 2.45) is 0 Å². The van der Waals surface area contributed by atoms with Gasteiger partial charge in [0.1, 0.15) is 0 Å². The summed E-state index contributed by atoms with van der Waals surface area (Å²) < 4.78 is 5.11. The summed E-state index contributed by atoms with van der Waals surface area (Å²) in [7, 11) is 0. The first kappa shape index (κ1) is 17.7. The molecule has 1 N–H and O–H groups in total. The number of hydrogen-bond donors (Lipinski definition) is 1. The van der Waals surface area contributed by atoms with Gasteiger partial charge in [-0.05, 0) is 24.8 Å². The molecule has 3 heteroatoms. The van der Waals surface area contributed by atoms with Gasteiger partial charge in [-0.15, -0.1) is 0 Å². The second-order valence-electron chi connectivity index (χ2n) is 5.48. The van der Waals surface area contributed by atoms with Gasteiger partial charge in [-0.2, -0.15) is 0 Å². The maximum atomic E-state index is 11.6. The lowest BCUT2D eigenvalue weighted by Gasteiger charge is -2.10. The lowest BCUT2D eigenvalue weighted by Crippen LogP contribution is -2.24. The highest BCUT2D eigenvalue weighted by Gasteiger charge is 2.16. The van der Waals surface area contributed by atoms with Crippen molar-refractivity contribution in [2.75, 3.05) is 6.61 Å². The van der Waals surface area contributed by atoms with Gasteiger partial charge >= 0.3 is 5.97 Å². The molecular formula is C18H28O3. The number of carbonyl (C=O) groups is 1. The summed E-state index contributed by atoms with van der Waals surface area (Å²) in [5.74, 6) is -0.487. The Balaban J connectivity index is 2.06. The van der Waals surface area contributed by atoms with Crippen molar-refractivity contribution >= 4 is 5.97 Å². The first-order valence-corrected chi connectivity index (χ1v) is 8.12. The normalized spacial score (nSPS) is 12.1. The number of aliphatic hydroxyl groups excluding tert-OH is 1. The van der Waals surface area contributed by atoms with Crippen LogP contribution in [0.2, 0.25) is 0 Å². The second-order valence-corrected chi connectivity index (χ2v) is 5.48. The summed E-state index contributed by atoms with van der Waals surface area (Å²) in [6.07, 6.45) is 7.04. The van der Waals surface area contributed by atoms with Gasteiger partial charge < -0.3 is 9.84 Å². The van der Waals surface area contributed by atoms with E-state index in [1.807, 2.05) is 30.3 Å². The van der Waals surface area contributed by atoms with E-state index in [4.69, 9.17) is 4.74 Å². The predicted octanol–water partition coefficient (Wildman–Crippen LogP) is 3.88. The molecule has 0 spiro atoms. The minimum atomic E-state index is -1.01. The minimum Gasteiger partial charge on any atom is -0.464 e. The molecule has 0 saturated heterocycles. The van der Waals surface area contributed by atoms with Gasteiger partial charge in [-0.3, -0.25) is 0 Å². The molecule has 3 nitrogen and oxygen atoms in total. The van der Waals surface area contributed by atoms with Crippen LogP contribution in [0.1, 0.15) is 57.4 Å². The van der Waals surface area contributed by atoms with Crippen molar-refractivity contribution in [3.05, 3.63) is 35.9 Å². The molecule has 0 aliphatic carbocycles. The smallest absolute Gasteiger partial charge is 0.334 e. The molecule has 0 aliphatic rings. The SMILES string of the molecule is CCCCCCCCOC(=O)C(O)CCc1ccccc1. The Bertz CT molecular complexity index is 375. The Morgan fingerprint density at radius 1 is 1.10 bits per heavy atom. The van der Waals surface area contributed by atoms with Gasteiger partial charge in [-0.25, -0.2) is 4.79 Å². The fourth-order valence-electron chi connectivity index (χ4n) is 2.22. The summed E-state index contributed by atoms with van der Waals surface area (Å²) in [5.41, 5.74) is 1.13. The van der Waals surface area contributed by atoms with Gasteiger partial charge in [0.25, 0.3) is 0 Å². The molecule has 0 fully saturated rings. The molecule has 21 heavy (non-hydrogen) atoms. The van der Waals surface area contributed by atoms with Crippen molar-refractivity contribution in [2.45, 2.75) is 64.4 Å². The average molecular weight is 292 g/mol. The molecule has 1 aromatic rings. The summed E-state index contributed by atoms with van der Waals surface area (Å²) in [5, 5.41) is 9.78. The van der Waals surface area contributed by atoms with Gasteiger partial charge in [-0.1, -0.05) is 69.4 Å². The number of rotatable bonds is 11. The fraction of sp³-hybridized carbons (Fsp3) is 0.611. The lowest BCUT2D eigenvalue weighted by atomic mass is 10.1. The van der Waals surface area contributed by atoms with E-state index in [-0.39, 0.29) is 0 Å². The Labute approximate surface area is 128 Å². The molecule has 0 heterocycles. The number of unbranched alkanes of at least 4 members (excludes halogenated alkanes) is 5. The standard InChI is InChI=1S/C18H28O3/c1-2-3-4-5-6-10-15-21-18(20)17(19)14-13-16-11-8-7-9-12-16/h7-9,11-12,17,19H,2-6,10,13-15H2,1H3. The minimum absolute atomic E-state index is 0.416. The summed E-state index contributed by atoms with van der Waals surface area (Å²) in [6.45, 7) is 2.62. The topological polar surface area (TPSA) is 46.5 Å². The van der Waals surface area contributed by atoms with Crippen molar-refractivity contribution < 1.29 is 14.6 Å². The molecule has 1 aromatic carbocycles. The number of carbonyl (C=O) groups excluding carboxylic acids is 1. The number of ether oxygens (including phenoxy) is 1. The highest BCUT2D eigenvalue weighted by molar-refractivity contribution is 5.74. The van der Waals surface area contributed by atoms with E-state index in [9.17, 15) is 9.90 Å². The highest BCUT2D eigenvalue weighted by atomic mass is 16.5. The molecular weight excluding hydrogens is 264 g/mol. The first-order valence-electron chi connectivity index (χ1n) is 8.12. The molecule has 1 unspecified atom stereocenters. The molecule has 0 bridgehead atoms. The van der Waals surface area contributed by atoms with Crippen molar-refractivity contribution in [1.29, 1.82) is 0 Å². The van der Waals surface area contributed by atoms with Crippen LogP contribution in [-0.2, 0) is 16.0 Å². The van der Waals surface area contributed by atoms with E-state index in [0.29, 0.717) is 19.4 Å². The van der Waals surface area contributed by atoms with Crippen LogP contribution in [0.3, 0.4) is 0 Å². The lowest BCUT2D eigenvalue weighted by molar-refractivity contribution is -0.153. The first-order chi connectivity index (χ1) is 10.2. The maximum Gasteiger partial charge on any atom is 0.334 e. The van der Waals surface area contributed by atoms with Crippen molar-refractivity contribution in [3.63, 3.8) is 0 Å². The van der Waals surface area contributed by atoms with E-state index in [0.717, 1.165) is 18.4 Å². The number of benzene rings is 1. The van der Waals surface area contributed by atoms with Gasteiger partial charge in [0, 0.05) is 0 Å². The molecule has 0 radical (unpaired) electrons. The molecule has 0 aromatic heterocycles. The van der Waals surface area contributed by atoms with Crippen LogP contribution in [0.25, 0.3) is 0 Å². The highest BCUT2D eigenvalue weighted by Crippen LogP contribution is 2.08. The maximum absolute atomic E-state index is 11.6. The molecule has 0 aliphatic heterocycles. The largest absolute Gasteiger partial charge is 0.464 e. The van der Waals surface area contributed by atoms with Crippen molar-refractivity contribution in [3.8, 4) is 0 Å². The zero-order valence-electron chi connectivity index (χ0n) is 13.1. The van der Waals surface area contributed by atoms with Gasteiger partial charge in [0.05, 0.1) is 6.61 Å². The van der Waals surface area contributed by atoms with Crippen LogP contribution in [0.15, 0.2) is 30.3 Å². The van der Waals surface area contributed by atoms with E-state index in [1.54, 1.807) is 0 Å². The predicted molar refractivity (Wildman–Crippen MR) is 85.1 cm³/mol. The van der Waals surface area contributed by atoms with E-state index >= 15 is 0 Å². The van der Waals surface area contributed by atoms with Gasteiger partial charge in [0.2, 0.25) is 0 Å². The average Bonchev–Trinajstić information content (AvgIpc) is 2.52. The molecule has 1 rings (SSSR count). The molecule has 0 saturated carbocycles. The van der Waals surface area contributed by atoms with Gasteiger partial charge in [0.15, 0.2) is 6.10 Å². The number of aryl methyl sites for hydroxylation is 1. The van der Waals surface area contributed by atoms with Crippen LogP contribution in [-0.4, -0.2) is 23.8 Å². The van der Waals surface area contributed by atoms with Crippen LogP contribution < -0.4 is 0 Å². The zero-order chi connectivity index (χ0) is 15.3. The third-order valence-electron chi connectivity index (χ3n) is 3.56. The number of aliphatic hydroxyl groups is 1. The van der Waals surface area contributed by atoms with E-state index in [2.05, 4.69) is 6.92 Å². The third-order valence-corrected chi connectivity index (χ3v) is 3.56. The van der Waals surface area contributed by atoms with E-state index in [1.165, 1.54) is 25.7 Å². The Morgan fingerprint density at radius 3 is 2.48 bits per heavy atom. The van der Waals surface area contributed by atoms with E-state index < -0.39 is 12.1 Å². The summed E-state index contributed by atoms with van der Waals surface area (Å²) >= 11 is 0. The fourth-order valence-corrected chi connectivity index (χ4v) is 2.22. The molecule has 1 atom stereocenters. The van der Waals surface area contributed by atoms with Crippen LogP contribution >= 0.6 is 0 Å². The van der Waals surface area contributed by atoms with Crippen molar-refractivity contribution in [1.82, 2.24) is 0 Å². The zero-order valence-corrected chi connectivity index (χ0v) is 13.1. The van der Waals surface area contributed by atoms with Crippen LogP contribution in [0.4, 0.5) is 0 Å². The monoisotopic (exact) mass is 292 g/mol. The Kier molecular flexibility index (Phi) is 9.55. The van der Waals surface area contributed by atoms with Crippen LogP contribution in [0.5, 0.6) is 0 Å². The Morgan fingerprint density at radius 2 is 1.76 bits per heavy atom. The number of esters is 1. The molecule has 118 valence electrons. The third kappa shape index (κ3) is 8.51. The second kappa shape index (κ2) is 11.3. The summed E-state index contributed by atoms with van der Waals surface area (Å²) in [4.78, 5) is 11.6. The van der Waals surface area contributed by atoms with Crippen LogP contribution in [0, 0.1) is 0 Å². The quantitative estimate of drug-likeness (QED) is 0.497.